The summed E-state index contributed by atoms with van der Waals surface area (Å²) in [6.45, 7) is 7.43. The average Bonchev–Trinajstić information content (AvgIpc) is 2.46. The van der Waals surface area contributed by atoms with E-state index in [4.69, 9.17) is 0 Å². The van der Waals surface area contributed by atoms with Crippen LogP contribution in [0.25, 0.3) is 16.7 Å². The van der Waals surface area contributed by atoms with Crippen LogP contribution in [0.1, 0.15) is 23.7 Å². The highest BCUT2D eigenvalue weighted by Crippen LogP contribution is 2.29. The summed E-state index contributed by atoms with van der Waals surface area (Å²) in [7, 11) is 0. The number of benzene rings is 1. The molecule has 5 heteroatoms. The molecule has 0 atom stereocenters. The lowest BCUT2D eigenvalue weighted by Gasteiger charge is -2.08. The number of hydrogen-bond acceptors (Lipinski definition) is 4. The van der Waals surface area contributed by atoms with Gasteiger partial charge in [0.1, 0.15) is 6.07 Å². The lowest BCUT2D eigenvalue weighted by atomic mass is 9.98. The summed E-state index contributed by atoms with van der Waals surface area (Å²) in [6.07, 6.45) is 1.61. The SMILES string of the molecule is C=C(C)c1ncc(-c2cc([N+](=O)[O-])ccc2C)cc1C#N. The summed E-state index contributed by atoms with van der Waals surface area (Å²) in [5.74, 6) is 0. The van der Waals surface area contributed by atoms with Gasteiger partial charge in [-0.3, -0.25) is 15.1 Å². The van der Waals surface area contributed by atoms with Crippen molar-refractivity contribution < 1.29 is 4.92 Å². The normalized spacial score (nSPS) is 9.95. The van der Waals surface area contributed by atoms with E-state index < -0.39 is 4.92 Å². The van der Waals surface area contributed by atoms with E-state index in [0.717, 1.165) is 5.56 Å². The van der Waals surface area contributed by atoms with E-state index in [0.29, 0.717) is 28.0 Å². The van der Waals surface area contributed by atoms with Crippen molar-refractivity contribution in [2.45, 2.75) is 13.8 Å². The zero-order valence-corrected chi connectivity index (χ0v) is 11.8. The molecule has 0 aliphatic rings. The summed E-state index contributed by atoms with van der Waals surface area (Å²) >= 11 is 0. The fraction of sp³-hybridized carbons (Fsp3) is 0.125. The predicted molar refractivity (Wildman–Crippen MR) is 80.5 cm³/mol. The highest BCUT2D eigenvalue weighted by Gasteiger charge is 2.13. The van der Waals surface area contributed by atoms with Gasteiger partial charge in [-0.15, -0.1) is 0 Å². The molecule has 0 unspecified atom stereocenters. The first kappa shape index (κ1) is 14.4. The molecule has 2 rings (SSSR count). The molecule has 2 aromatic rings. The first-order chi connectivity index (χ1) is 9.93. The number of hydrogen-bond donors (Lipinski definition) is 0. The van der Waals surface area contributed by atoms with E-state index in [1.54, 1.807) is 25.3 Å². The third kappa shape index (κ3) is 2.79. The Hall–Kier alpha value is -3.00. The molecule has 1 aromatic heterocycles. The number of aromatic nitrogens is 1. The molecule has 104 valence electrons. The van der Waals surface area contributed by atoms with Gasteiger partial charge in [-0.2, -0.15) is 5.26 Å². The standard InChI is InChI=1S/C16H13N3O2/c1-10(2)16-12(8-17)6-13(9-18-16)15-7-14(19(20)21)5-4-11(15)3/h4-7,9H,1H2,2-3H3. The molecule has 0 spiro atoms. The molecule has 0 radical (unpaired) electrons. The maximum atomic E-state index is 10.9. The van der Waals surface area contributed by atoms with E-state index in [1.807, 2.05) is 6.92 Å². The van der Waals surface area contributed by atoms with E-state index in [1.165, 1.54) is 12.1 Å². The van der Waals surface area contributed by atoms with Crippen LogP contribution in [-0.4, -0.2) is 9.91 Å². The molecule has 0 saturated heterocycles. The Bertz CT molecular complexity index is 789. The van der Waals surface area contributed by atoms with Crippen LogP contribution in [0.5, 0.6) is 0 Å². The van der Waals surface area contributed by atoms with E-state index >= 15 is 0 Å². The molecule has 0 amide bonds. The lowest BCUT2D eigenvalue weighted by molar-refractivity contribution is -0.384. The largest absolute Gasteiger partial charge is 0.270 e. The Morgan fingerprint density at radius 3 is 2.71 bits per heavy atom. The number of pyridine rings is 1. The van der Waals surface area contributed by atoms with Crippen LogP contribution in [0.4, 0.5) is 5.69 Å². The molecule has 1 aromatic carbocycles. The summed E-state index contributed by atoms with van der Waals surface area (Å²) in [4.78, 5) is 14.7. The number of nitrogens with zero attached hydrogens (tertiary/aromatic N) is 3. The first-order valence-corrected chi connectivity index (χ1v) is 6.25. The smallest absolute Gasteiger partial charge is 0.258 e. The number of nitro groups is 1. The minimum atomic E-state index is -0.441. The van der Waals surface area contributed by atoms with Gasteiger partial charge in [-0.1, -0.05) is 12.6 Å². The molecule has 0 bridgehead atoms. The predicted octanol–water partition coefficient (Wildman–Crippen LogP) is 3.87. The highest BCUT2D eigenvalue weighted by molar-refractivity contribution is 5.73. The van der Waals surface area contributed by atoms with Crippen LogP contribution in [0.3, 0.4) is 0 Å². The molecular weight excluding hydrogens is 266 g/mol. The molecule has 0 aliphatic heterocycles. The molecule has 5 nitrogen and oxygen atoms in total. The number of nitro benzene ring substituents is 1. The monoisotopic (exact) mass is 279 g/mol. The van der Waals surface area contributed by atoms with Crippen LogP contribution < -0.4 is 0 Å². The van der Waals surface area contributed by atoms with Crippen molar-refractivity contribution in [2.24, 2.45) is 0 Å². The third-order valence-corrected chi connectivity index (χ3v) is 3.16. The number of aryl methyl sites for hydroxylation is 1. The van der Waals surface area contributed by atoms with Crippen LogP contribution in [-0.2, 0) is 0 Å². The van der Waals surface area contributed by atoms with Gasteiger partial charge in [-0.05, 0) is 36.6 Å². The quantitative estimate of drug-likeness (QED) is 0.631. The van der Waals surface area contributed by atoms with Crippen LogP contribution in [0, 0.1) is 28.4 Å². The van der Waals surface area contributed by atoms with Gasteiger partial charge < -0.3 is 0 Å². The van der Waals surface area contributed by atoms with Crippen molar-refractivity contribution in [3.8, 4) is 17.2 Å². The molecule has 0 N–H and O–H groups in total. The van der Waals surface area contributed by atoms with Crippen molar-refractivity contribution in [1.29, 1.82) is 5.26 Å². The number of non-ortho nitro benzene ring substituents is 1. The van der Waals surface area contributed by atoms with Crippen molar-refractivity contribution >= 4 is 11.3 Å². The Labute approximate surface area is 122 Å². The van der Waals surface area contributed by atoms with Crippen LogP contribution >= 0.6 is 0 Å². The maximum Gasteiger partial charge on any atom is 0.270 e. The van der Waals surface area contributed by atoms with Gasteiger partial charge in [0, 0.05) is 23.9 Å². The fourth-order valence-electron chi connectivity index (χ4n) is 2.07. The van der Waals surface area contributed by atoms with Crippen LogP contribution in [0.15, 0.2) is 37.0 Å². The molecular formula is C16H13N3O2. The second-order valence-corrected chi connectivity index (χ2v) is 4.77. The lowest BCUT2D eigenvalue weighted by Crippen LogP contribution is -1.95. The highest BCUT2D eigenvalue weighted by atomic mass is 16.6. The van der Waals surface area contributed by atoms with Gasteiger partial charge in [0.05, 0.1) is 16.2 Å². The van der Waals surface area contributed by atoms with Crippen LogP contribution in [0.2, 0.25) is 0 Å². The minimum absolute atomic E-state index is 0.0121. The molecule has 0 saturated carbocycles. The molecule has 21 heavy (non-hydrogen) atoms. The Balaban J connectivity index is 2.63. The van der Waals surface area contributed by atoms with E-state index in [2.05, 4.69) is 17.6 Å². The summed E-state index contributed by atoms with van der Waals surface area (Å²) < 4.78 is 0. The van der Waals surface area contributed by atoms with Crippen molar-refractivity contribution in [3.63, 3.8) is 0 Å². The van der Waals surface area contributed by atoms with Gasteiger partial charge in [0.15, 0.2) is 0 Å². The average molecular weight is 279 g/mol. The second kappa shape index (κ2) is 5.55. The summed E-state index contributed by atoms with van der Waals surface area (Å²) in [5.41, 5.74) is 3.93. The second-order valence-electron chi connectivity index (χ2n) is 4.77. The Morgan fingerprint density at radius 2 is 2.14 bits per heavy atom. The molecule has 0 fully saturated rings. The van der Waals surface area contributed by atoms with Crippen molar-refractivity contribution in [1.82, 2.24) is 4.98 Å². The summed E-state index contributed by atoms with van der Waals surface area (Å²) in [6, 6.07) is 8.41. The number of rotatable bonds is 3. The van der Waals surface area contributed by atoms with E-state index in [9.17, 15) is 15.4 Å². The maximum absolute atomic E-state index is 10.9. The fourth-order valence-corrected chi connectivity index (χ4v) is 2.07. The molecule has 1 heterocycles. The van der Waals surface area contributed by atoms with Crippen molar-refractivity contribution in [2.75, 3.05) is 0 Å². The Morgan fingerprint density at radius 1 is 1.43 bits per heavy atom. The zero-order valence-electron chi connectivity index (χ0n) is 11.8. The summed E-state index contributed by atoms with van der Waals surface area (Å²) in [5, 5.41) is 20.1. The topological polar surface area (TPSA) is 79.8 Å². The number of nitriles is 1. The van der Waals surface area contributed by atoms with Gasteiger partial charge in [-0.25, -0.2) is 0 Å². The number of allylic oxidation sites excluding steroid dienone is 1. The first-order valence-electron chi connectivity index (χ1n) is 6.25. The van der Waals surface area contributed by atoms with E-state index in [-0.39, 0.29) is 5.69 Å². The third-order valence-electron chi connectivity index (χ3n) is 3.16. The van der Waals surface area contributed by atoms with Gasteiger partial charge >= 0.3 is 0 Å². The Kier molecular flexibility index (Phi) is 3.81. The zero-order chi connectivity index (χ0) is 15.6. The van der Waals surface area contributed by atoms with Gasteiger partial charge in [0.2, 0.25) is 0 Å². The minimum Gasteiger partial charge on any atom is -0.258 e. The molecule has 0 aliphatic carbocycles. The van der Waals surface area contributed by atoms with Gasteiger partial charge in [0.25, 0.3) is 5.69 Å². The van der Waals surface area contributed by atoms with Crippen molar-refractivity contribution in [3.05, 3.63) is 64.0 Å².